The minimum Gasteiger partial charge on any atom is -0.241 e. The minimum atomic E-state index is 0.662. The van der Waals surface area contributed by atoms with Gasteiger partial charge in [-0.05, 0) is 28.7 Å². The van der Waals surface area contributed by atoms with Crippen LogP contribution in [0, 0.1) is 0 Å². The number of rotatable bonds is 1. The lowest BCUT2D eigenvalue weighted by atomic mass is 9.96. The highest BCUT2D eigenvalue weighted by atomic mass is 14.9. The van der Waals surface area contributed by atoms with Crippen LogP contribution in [0.25, 0.3) is 10.8 Å². The van der Waals surface area contributed by atoms with Crippen molar-refractivity contribution in [2.24, 2.45) is 0 Å². The van der Waals surface area contributed by atoms with Gasteiger partial charge in [-0.1, -0.05) is 42.5 Å². The van der Waals surface area contributed by atoms with Crippen LogP contribution in [-0.4, -0.2) is 13.1 Å². The van der Waals surface area contributed by atoms with Gasteiger partial charge in [0.15, 0.2) is 0 Å². The highest BCUT2D eigenvalue weighted by Crippen LogP contribution is 2.26. The molecule has 1 radical (unpaired) electrons. The summed E-state index contributed by atoms with van der Waals surface area (Å²) in [6.45, 7) is 2.05. The molecule has 1 unspecified atom stereocenters. The van der Waals surface area contributed by atoms with E-state index in [9.17, 15) is 0 Å². The van der Waals surface area contributed by atoms with Gasteiger partial charge in [-0.25, -0.2) is 5.32 Å². The predicted octanol–water partition coefficient (Wildman–Crippen LogP) is 2.93. The van der Waals surface area contributed by atoms with Crippen molar-refractivity contribution in [1.82, 2.24) is 5.32 Å². The van der Waals surface area contributed by atoms with E-state index in [1.807, 2.05) is 0 Å². The Morgan fingerprint density at radius 2 is 1.87 bits per heavy atom. The van der Waals surface area contributed by atoms with Gasteiger partial charge in [0.25, 0.3) is 0 Å². The molecule has 0 aliphatic carbocycles. The third kappa shape index (κ3) is 1.64. The Kier molecular flexibility index (Phi) is 2.18. The fourth-order valence-corrected chi connectivity index (χ4v) is 2.32. The normalized spacial score (nSPS) is 20.9. The van der Waals surface area contributed by atoms with Crippen molar-refractivity contribution in [2.45, 2.75) is 12.3 Å². The summed E-state index contributed by atoms with van der Waals surface area (Å²) in [6, 6.07) is 15.3. The highest BCUT2D eigenvalue weighted by Gasteiger charge is 2.17. The Morgan fingerprint density at radius 3 is 2.67 bits per heavy atom. The predicted molar refractivity (Wildman–Crippen MR) is 63.2 cm³/mol. The zero-order chi connectivity index (χ0) is 10.1. The molecule has 0 N–H and O–H groups in total. The first-order valence-corrected chi connectivity index (χ1v) is 5.55. The monoisotopic (exact) mass is 196 g/mol. The summed E-state index contributed by atoms with van der Waals surface area (Å²) in [5, 5.41) is 7.10. The second kappa shape index (κ2) is 3.67. The minimum absolute atomic E-state index is 0.662. The lowest BCUT2D eigenvalue weighted by Gasteiger charge is -2.09. The van der Waals surface area contributed by atoms with Crippen molar-refractivity contribution in [1.29, 1.82) is 0 Å². The molecule has 1 atom stereocenters. The van der Waals surface area contributed by atoms with Crippen molar-refractivity contribution in [3.05, 3.63) is 48.0 Å². The first-order valence-electron chi connectivity index (χ1n) is 5.55. The summed E-state index contributed by atoms with van der Waals surface area (Å²) in [7, 11) is 0. The molecule has 0 bridgehead atoms. The van der Waals surface area contributed by atoms with E-state index in [0.717, 1.165) is 13.1 Å². The van der Waals surface area contributed by atoms with Gasteiger partial charge in [-0.15, -0.1) is 0 Å². The van der Waals surface area contributed by atoms with Crippen molar-refractivity contribution in [2.75, 3.05) is 13.1 Å². The molecule has 1 saturated heterocycles. The van der Waals surface area contributed by atoms with Crippen molar-refractivity contribution in [3.63, 3.8) is 0 Å². The number of hydrogen-bond acceptors (Lipinski definition) is 0. The maximum Gasteiger partial charge on any atom is 0.0202 e. The highest BCUT2D eigenvalue weighted by molar-refractivity contribution is 5.83. The maximum absolute atomic E-state index is 4.42. The second-order valence-corrected chi connectivity index (χ2v) is 4.22. The van der Waals surface area contributed by atoms with Crippen LogP contribution < -0.4 is 5.32 Å². The Labute approximate surface area is 90.1 Å². The first-order chi connectivity index (χ1) is 7.43. The van der Waals surface area contributed by atoms with Gasteiger partial charge >= 0.3 is 0 Å². The zero-order valence-corrected chi connectivity index (χ0v) is 8.69. The van der Waals surface area contributed by atoms with Crippen LogP contribution in [0.1, 0.15) is 17.9 Å². The SMILES string of the molecule is c1ccc2cc(C3CC[N]C3)ccc2c1. The van der Waals surface area contributed by atoms with E-state index in [4.69, 9.17) is 0 Å². The topological polar surface area (TPSA) is 14.1 Å². The van der Waals surface area contributed by atoms with E-state index in [1.165, 1.54) is 22.8 Å². The van der Waals surface area contributed by atoms with Gasteiger partial charge in [0.2, 0.25) is 0 Å². The molecule has 3 rings (SSSR count). The first kappa shape index (κ1) is 8.93. The summed E-state index contributed by atoms with van der Waals surface area (Å²) >= 11 is 0. The molecule has 0 spiro atoms. The molecule has 0 amide bonds. The van der Waals surface area contributed by atoms with Gasteiger partial charge in [-0.3, -0.25) is 0 Å². The van der Waals surface area contributed by atoms with E-state index < -0.39 is 0 Å². The molecule has 1 heteroatoms. The Morgan fingerprint density at radius 1 is 1.00 bits per heavy atom. The molecule has 2 aromatic carbocycles. The Hall–Kier alpha value is -1.34. The number of fused-ring (bicyclic) bond motifs is 1. The summed E-state index contributed by atoms with van der Waals surface area (Å²) in [6.07, 6.45) is 1.22. The maximum atomic E-state index is 4.42. The molecule has 1 heterocycles. The number of nitrogens with zero attached hydrogens (tertiary/aromatic N) is 1. The van der Waals surface area contributed by atoms with Gasteiger partial charge in [0.05, 0.1) is 0 Å². The zero-order valence-electron chi connectivity index (χ0n) is 8.69. The molecule has 1 fully saturated rings. The van der Waals surface area contributed by atoms with Crippen LogP contribution in [0.15, 0.2) is 42.5 Å². The molecular formula is C14H14N. The third-order valence-corrected chi connectivity index (χ3v) is 3.23. The van der Waals surface area contributed by atoms with Gasteiger partial charge in [0.1, 0.15) is 0 Å². The van der Waals surface area contributed by atoms with Crippen LogP contribution in [0.2, 0.25) is 0 Å². The summed E-state index contributed by atoms with van der Waals surface area (Å²) < 4.78 is 0. The molecule has 75 valence electrons. The molecule has 1 aliphatic rings. The number of hydrogen-bond donors (Lipinski definition) is 0. The molecule has 2 aromatic rings. The van der Waals surface area contributed by atoms with Gasteiger partial charge in [0, 0.05) is 13.1 Å². The Bertz CT molecular complexity index is 469. The number of benzene rings is 2. The smallest absolute Gasteiger partial charge is 0.0202 e. The molecule has 1 nitrogen and oxygen atoms in total. The van der Waals surface area contributed by atoms with E-state index in [2.05, 4.69) is 47.8 Å². The molecule has 1 aliphatic heterocycles. The molecule has 15 heavy (non-hydrogen) atoms. The third-order valence-electron chi connectivity index (χ3n) is 3.23. The summed E-state index contributed by atoms with van der Waals surface area (Å²) in [5.41, 5.74) is 1.45. The fourth-order valence-electron chi connectivity index (χ4n) is 2.32. The van der Waals surface area contributed by atoms with Crippen molar-refractivity contribution in [3.8, 4) is 0 Å². The van der Waals surface area contributed by atoms with Crippen molar-refractivity contribution >= 4 is 10.8 Å². The van der Waals surface area contributed by atoms with Crippen LogP contribution in [0.5, 0.6) is 0 Å². The molecule has 0 aromatic heterocycles. The molecule has 0 saturated carbocycles. The van der Waals surface area contributed by atoms with E-state index >= 15 is 0 Å². The average molecular weight is 196 g/mol. The van der Waals surface area contributed by atoms with Crippen LogP contribution in [0.3, 0.4) is 0 Å². The lowest BCUT2D eigenvalue weighted by Crippen LogP contribution is -2.00. The second-order valence-electron chi connectivity index (χ2n) is 4.22. The van der Waals surface area contributed by atoms with Gasteiger partial charge in [-0.2, -0.15) is 0 Å². The van der Waals surface area contributed by atoms with Crippen LogP contribution in [0.4, 0.5) is 0 Å². The molecular weight excluding hydrogens is 182 g/mol. The Balaban J connectivity index is 2.05. The van der Waals surface area contributed by atoms with Crippen LogP contribution >= 0.6 is 0 Å². The fraction of sp³-hybridized carbons (Fsp3) is 0.286. The summed E-state index contributed by atoms with van der Waals surface area (Å²) in [5.74, 6) is 0.662. The van der Waals surface area contributed by atoms with E-state index in [-0.39, 0.29) is 0 Å². The quantitative estimate of drug-likeness (QED) is 0.666. The van der Waals surface area contributed by atoms with Crippen molar-refractivity contribution < 1.29 is 0 Å². The van der Waals surface area contributed by atoms with E-state index in [0.29, 0.717) is 5.92 Å². The standard InChI is InChI=1S/C14H14N/c1-2-4-12-9-13(6-5-11(12)3-1)14-7-8-15-10-14/h1-6,9,14H,7-8,10H2. The summed E-state index contributed by atoms with van der Waals surface area (Å²) in [4.78, 5) is 0. The van der Waals surface area contributed by atoms with Gasteiger partial charge < -0.3 is 0 Å². The van der Waals surface area contributed by atoms with Crippen LogP contribution in [-0.2, 0) is 0 Å². The lowest BCUT2D eigenvalue weighted by molar-refractivity contribution is 0.760. The average Bonchev–Trinajstić information content (AvgIpc) is 2.82. The van der Waals surface area contributed by atoms with E-state index in [1.54, 1.807) is 0 Å². The largest absolute Gasteiger partial charge is 0.241 e.